The molecule has 0 aromatic rings. The smallest absolute Gasteiger partial charge is 0.216 e. The highest BCUT2D eigenvalue weighted by atomic mass is 32.1. The Bertz CT molecular complexity index is 185. The Morgan fingerprint density at radius 3 is 2.12 bits per heavy atom. The maximum Gasteiger partial charge on any atom is 0.216 e. The van der Waals surface area contributed by atoms with Crippen LogP contribution in [0.5, 0.6) is 0 Å². The molecule has 0 fully saturated rings. The lowest BCUT2D eigenvalue weighted by molar-refractivity contribution is -0.118. The number of rotatable bonds is 11. The molecule has 0 spiro atoms. The second-order valence-corrected chi connectivity index (χ2v) is 5.58. The molecule has 17 heavy (non-hydrogen) atoms. The topological polar surface area (TPSA) is 29.1 Å². The molecule has 1 amide bonds. The zero-order valence-electron chi connectivity index (χ0n) is 11.5. The van der Waals surface area contributed by atoms with Gasteiger partial charge in [0, 0.05) is 18.7 Å². The van der Waals surface area contributed by atoms with Crippen molar-refractivity contribution in [2.45, 2.75) is 76.9 Å². The number of nitrogens with one attached hydrogen (secondary N) is 1. The third kappa shape index (κ3) is 13.8. The molecule has 0 aromatic heterocycles. The molecule has 1 N–H and O–H groups in total. The molecule has 0 rings (SSSR count). The summed E-state index contributed by atoms with van der Waals surface area (Å²) in [4.78, 5) is 10.7. The van der Waals surface area contributed by atoms with Crippen molar-refractivity contribution in [3.8, 4) is 0 Å². The number of hydrogen-bond donors (Lipinski definition) is 2. The number of hydrogen-bond acceptors (Lipinski definition) is 2. The molecule has 2 nitrogen and oxygen atoms in total. The highest BCUT2D eigenvalue weighted by Gasteiger charge is 2.03. The van der Waals surface area contributed by atoms with Gasteiger partial charge in [0.15, 0.2) is 0 Å². The third-order valence-electron chi connectivity index (χ3n) is 2.98. The first kappa shape index (κ1) is 16.8. The number of amides is 1. The van der Waals surface area contributed by atoms with Crippen LogP contribution in [0.2, 0.25) is 0 Å². The lowest BCUT2D eigenvalue weighted by Crippen LogP contribution is -2.27. The summed E-state index contributed by atoms with van der Waals surface area (Å²) in [6, 6.07) is 0. The van der Waals surface area contributed by atoms with Gasteiger partial charge in [0.25, 0.3) is 0 Å². The molecule has 0 saturated carbocycles. The van der Waals surface area contributed by atoms with E-state index in [4.69, 9.17) is 0 Å². The predicted molar refractivity (Wildman–Crippen MR) is 78.7 cm³/mol. The van der Waals surface area contributed by atoms with E-state index in [9.17, 15) is 4.79 Å². The van der Waals surface area contributed by atoms with E-state index >= 15 is 0 Å². The van der Waals surface area contributed by atoms with Crippen LogP contribution in [-0.2, 0) is 4.79 Å². The van der Waals surface area contributed by atoms with E-state index in [2.05, 4.69) is 24.9 Å². The maximum absolute atomic E-state index is 10.7. The van der Waals surface area contributed by atoms with E-state index in [1.165, 1.54) is 51.4 Å². The standard InChI is InChI=1S/C14H29NOS/c1-3-4-5-6-7-8-9-10-11-14(17)12-15-13(2)16/h14,17H,3-12H2,1-2H3,(H,15,16). The summed E-state index contributed by atoms with van der Waals surface area (Å²) >= 11 is 4.46. The first-order chi connectivity index (χ1) is 8.16. The van der Waals surface area contributed by atoms with Gasteiger partial charge in [-0.1, -0.05) is 58.3 Å². The number of carbonyl (C=O) groups excluding carboxylic acids is 1. The van der Waals surface area contributed by atoms with Gasteiger partial charge in [-0.25, -0.2) is 0 Å². The van der Waals surface area contributed by atoms with Crippen molar-refractivity contribution >= 4 is 18.5 Å². The Morgan fingerprint density at radius 1 is 1.06 bits per heavy atom. The van der Waals surface area contributed by atoms with Gasteiger partial charge in [0.2, 0.25) is 5.91 Å². The van der Waals surface area contributed by atoms with Crippen molar-refractivity contribution < 1.29 is 4.79 Å². The molecule has 0 radical (unpaired) electrons. The van der Waals surface area contributed by atoms with Crippen LogP contribution in [0.3, 0.4) is 0 Å². The lowest BCUT2D eigenvalue weighted by atomic mass is 10.1. The molecule has 0 aliphatic rings. The summed E-state index contributed by atoms with van der Waals surface area (Å²) in [7, 11) is 0. The largest absolute Gasteiger partial charge is 0.355 e. The summed E-state index contributed by atoms with van der Waals surface area (Å²) < 4.78 is 0. The molecule has 0 bridgehead atoms. The third-order valence-corrected chi connectivity index (χ3v) is 3.42. The summed E-state index contributed by atoms with van der Waals surface area (Å²) in [6.45, 7) is 4.51. The normalized spacial score (nSPS) is 12.4. The first-order valence-corrected chi connectivity index (χ1v) is 7.61. The van der Waals surface area contributed by atoms with Gasteiger partial charge < -0.3 is 5.32 Å². The Balaban J connectivity index is 3.13. The van der Waals surface area contributed by atoms with Gasteiger partial charge in [0.05, 0.1) is 0 Å². The van der Waals surface area contributed by atoms with Crippen LogP contribution in [0.15, 0.2) is 0 Å². The Labute approximate surface area is 112 Å². The zero-order chi connectivity index (χ0) is 12.9. The number of carbonyl (C=O) groups is 1. The second-order valence-electron chi connectivity index (χ2n) is 4.85. The van der Waals surface area contributed by atoms with E-state index in [0.717, 1.165) is 6.42 Å². The van der Waals surface area contributed by atoms with Gasteiger partial charge in [-0.2, -0.15) is 12.6 Å². The minimum atomic E-state index is 0.0416. The molecule has 102 valence electrons. The molecule has 3 heteroatoms. The van der Waals surface area contributed by atoms with Gasteiger partial charge in [-0.3, -0.25) is 4.79 Å². The van der Waals surface area contributed by atoms with E-state index < -0.39 is 0 Å². The van der Waals surface area contributed by atoms with Crippen LogP contribution in [0.4, 0.5) is 0 Å². The van der Waals surface area contributed by atoms with E-state index in [1.807, 2.05) is 0 Å². The molecule has 1 atom stereocenters. The maximum atomic E-state index is 10.7. The van der Waals surface area contributed by atoms with Crippen molar-refractivity contribution in [1.82, 2.24) is 5.32 Å². The van der Waals surface area contributed by atoms with Crippen molar-refractivity contribution in [3.63, 3.8) is 0 Å². The summed E-state index contributed by atoms with van der Waals surface area (Å²) in [5.41, 5.74) is 0. The van der Waals surface area contributed by atoms with Gasteiger partial charge >= 0.3 is 0 Å². The van der Waals surface area contributed by atoms with Crippen molar-refractivity contribution in [2.24, 2.45) is 0 Å². The van der Waals surface area contributed by atoms with Crippen LogP contribution < -0.4 is 5.32 Å². The van der Waals surface area contributed by atoms with Crippen molar-refractivity contribution in [1.29, 1.82) is 0 Å². The number of thiol groups is 1. The summed E-state index contributed by atoms with van der Waals surface area (Å²) in [5, 5.41) is 3.12. The SMILES string of the molecule is CCCCCCCCCCC(S)CNC(C)=O. The van der Waals surface area contributed by atoms with E-state index in [0.29, 0.717) is 11.8 Å². The average molecular weight is 259 g/mol. The minimum absolute atomic E-state index is 0.0416. The Morgan fingerprint density at radius 2 is 1.59 bits per heavy atom. The highest BCUT2D eigenvalue weighted by molar-refractivity contribution is 7.81. The number of unbranched alkanes of at least 4 members (excludes halogenated alkanes) is 7. The minimum Gasteiger partial charge on any atom is -0.355 e. The molecule has 1 unspecified atom stereocenters. The summed E-state index contributed by atoms with van der Waals surface area (Å²) in [5.74, 6) is 0.0416. The molecule has 0 heterocycles. The molecule has 0 aromatic carbocycles. The van der Waals surface area contributed by atoms with Crippen LogP contribution in [-0.4, -0.2) is 17.7 Å². The van der Waals surface area contributed by atoms with E-state index in [1.54, 1.807) is 6.92 Å². The van der Waals surface area contributed by atoms with Crippen LogP contribution >= 0.6 is 12.6 Å². The van der Waals surface area contributed by atoms with Crippen LogP contribution in [0, 0.1) is 0 Å². The predicted octanol–water partition coefficient (Wildman–Crippen LogP) is 3.95. The zero-order valence-corrected chi connectivity index (χ0v) is 12.4. The van der Waals surface area contributed by atoms with E-state index in [-0.39, 0.29) is 5.91 Å². The fourth-order valence-electron chi connectivity index (χ4n) is 1.88. The summed E-state index contributed by atoms with van der Waals surface area (Å²) in [6.07, 6.45) is 11.9. The van der Waals surface area contributed by atoms with Crippen molar-refractivity contribution in [3.05, 3.63) is 0 Å². The van der Waals surface area contributed by atoms with Crippen molar-refractivity contribution in [2.75, 3.05) is 6.54 Å². The van der Waals surface area contributed by atoms with Gasteiger partial charge in [-0.15, -0.1) is 0 Å². The van der Waals surface area contributed by atoms with Gasteiger partial charge in [0.1, 0.15) is 0 Å². The van der Waals surface area contributed by atoms with Gasteiger partial charge in [-0.05, 0) is 6.42 Å². The van der Waals surface area contributed by atoms with Crippen LogP contribution in [0.1, 0.15) is 71.6 Å². The monoisotopic (exact) mass is 259 g/mol. The molecule has 0 saturated heterocycles. The Kier molecular flexibility index (Phi) is 12.2. The second kappa shape index (κ2) is 12.3. The highest BCUT2D eigenvalue weighted by Crippen LogP contribution is 2.12. The average Bonchev–Trinajstić information content (AvgIpc) is 2.30. The molecular weight excluding hydrogens is 230 g/mol. The lowest BCUT2D eigenvalue weighted by Gasteiger charge is -2.10. The molecule has 0 aliphatic heterocycles. The molecular formula is C14H29NOS. The molecule has 0 aliphatic carbocycles. The van der Waals surface area contributed by atoms with Crippen LogP contribution in [0.25, 0.3) is 0 Å². The Hall–Kier alpha value is -0.180. The first-order valence-electron chi connectivity index (χ1n) is 7.09. The quantitative estimate of drug-likeness (QED) is 0.427. The fourth-order valence-corrected chi connectivity index (χ4v) is 2.15. The fraction of sp³-hybridized carbons (Fsp3) is 0.929.